The maximum Gasteiger partial charge on any atom is 0.362 e. The van der Waals surface area contributed by atoms with Gasteiger partial charge in [-0.1, -0.05) is 17.8 Å². The third kappa shape index (κ3) is 3.65. The summed E-state index contributed by atoms with van der Waals surface area (Å²) in [6.45, 7) is 3.45. The van der Waals surface area contributed by atoms with Crippen LogP contribution in [0.5, 0.6) is 0 Å². The summed E-state index contributed by atoms with van der Waals surface area (Å²) in [5.74, 6) is -1.46. The standard InChI is InChI=1S/C8H8N4O4S/c1-2-3-16-11-5(7(14)15)6-10-8(9-4-13)17-12-6/h2,4H,1,3H2,(H,14,15)(H,9,10,12,13). The Bertz CT molecular complexity index is 456. The van der Waals surface area contributed by atoms with E-state index in [4.69, 9.17) is 5.11 Å². The summed E-state index contributed by atoms with van der Waals surface area (Å²) in [4.78, 5) is 29.4. The quantitative estimate of drug-likeness (QED) is 0.235. The molecule has 0 unspecified atom stereocenters. The molecule has 0 aliphatic rings. The fourth-order valence-electron chi connectivity index (χ4n) is 0.759. The molecule has 2 N–H and O–H groups in total. The molecule has 90 valence electrons. The Kier molecular flexibility index (Phi) is 4.76. The summed E-state index contributed by atoms with van der Waals surface area (Å²) < 4.78 is 3.73. The number of rotatable bonds is 7. The SMILES string of the molecule is C=CCON=C(C(=O)O)c1nsc(NC=O)n1. The van der Waals surface area contributed by atoms with Crippen molar-refractivity contribution in [2.24, 2.45) is 5.16 Å². The summed E-state index contributed by atoms with van der Waals surface area (Å²) in [5.41, 5.74) is -0.443. The van der Waals surface area contributed by atoms with Gasteiger partial charge in [0, 0.05) is 11.5 Å². The van der Waals surface area contributed by atoms with Gasteiger partial charge in [-0.05, 0) is 0 Å². The van der Waals surface area contributed by atoms with Crippen molar-refractivity contribution in [1.29, 1.82) is 0 Å². The molecule has 0 aromatic carbocycles. The predicted octanol–water partition coefficient (Wildman–Crippen LogP) is 0.0977. The van der Waals surface area contributed by atoms with Gasteiger partial charge in [-0.25, -0.2) is 4.79 Å². The van der Waals surface area contributed by atoms with Gasteiger partial charge in [-0.15, -0.1) is 0 Å². The van der Waals surface area contributed by atoms with Crippen LogP contribution in [0.3, 0.4) is 0 Å². The van der Waals surface area contributed by atoms with Gasteiger partial charge in [0.15, 0.2) is 0 Å². The molecular formula is C8H8N4O4S. The summed E-state index contributed by atoms with van der Waals surface area (Å²) >= 11 is 0.836. The summed E-state index contributed by atoms with van der Waals surface area (Å²) in [5, 5.41) is 14.7. The van der Waals surface area contributed by atoms with E-state index in [0.717, 1.165) is 11.5 Å². The topological polar surface area (TPSA) is 114 Å². The van der Waals surface area contributed by atoms with Crippen molar-refractivity contribution in [2.45, 2.75) is 0 Å². The molecule has 17 heavy (non-hydrogen) atoms. The second-order valence-corrected chi connectivity index (χ2v) is 3.27. The fourth-order valence-corrected chi connectivity index (χ4v) is 1.29. The van der Waals surface area contributed by atoms with Crippen molar-refractivity contribution < 1.29 is 19.5 Å². The molecule has 0 spiro atoms. The Hall–Kier alpha value is -2.29. The zero-order valence-electron chi connectivity index (χ0n) is 8.49. The lowest BCUT2D eigenvalue weighted by Gasteiger charge is -1.96. The molecule has 9 heteroatoms. The normalized spacial score (nSPS) is 10.7. The van der Waals surface area contributed by atoms with Crippen LogP contribution in [-0.4, -0.2) is 39.2 Å². The number of carbonyl (C=O) groups is 2. The van der Waals surface area contributed by atoms with Crippen LogP contribution in [0.2, 0.25) is 0 Å². The minimum atomic E-state index is -1.33. The van der Waals surface area contributed by atoms with E-state index in [9.17, 15) is 9.59 Å². The summed E-state index contributed by atoms with van der Waals surface area (Å²) in [6.07, 6.45) is 1.83. The van der Waals surface area contributed by atoms with Gasteiger partial charge in [-0.3, -0.25) is 4.79 Å². The number of hydrogen-bond acceptors (Lipinski definition) is 7. The molecule has 8 nitrogen and oxygen atoms in total. The van der Waals surface area contributed by atoms with Crippen LogP contribution in [0, 0.1) is 0 Å². The Morgan fingerprint density at radius 3 is 3.06 bits per heavy atom. The number of oxime groups is 1. The van der Waals surface area contributed by atoms with Crippen LogP contribution >= 0.6 is 11.5 Å². The van der Waals surface area contributed by atoms with Crippen LogP contribution in [0.15, 0.2) is 17.8 Å². The van der Waals surface area contributed by atoms with E-state index in [0.29, 0.717) is 6.41 Å². The number of nitrogens with zero attached hydrogens (tertiary/aromatic N) is 3. The molecule has 0 saturated carbocycles. The first-order valence-corrected chi connectivity index (χ1v) is 5.04. The number of nitrogens with one attached hydrogen (secondary N) is 1. The van der Waals surface area contributed by atoms with Crippen LogP contribution in [-0.2, 0) is 14.4 Å². The van der Waals surface area contributed by atoms with Crippen LogP contribution < -0.4 is 5.32 Å². The zero-order valence-corrected chi connectivity index (χ0v) is 9.31. The Balaban J connectivity index is 2.88. The molecule has 1 aromatic heterocycles. The fraction of sp³-hybridized carbons (Fsp3) is 0.125. The van der Waals surface area contributed by atoms with E-state index >= 15 is 0 Å². The average molecular weight is 256 g/mol. The van der Waals surface area contributed by atoms with Crippen molar-refractivity contribution >= 4 is 34.8 Å². The number of aliphatic carboxylic acids is 1. The first-order valence-electron chi connectivity index (χ1n) is 4.27. The Morgan fingerprint density at radius 2 is 2.47 bits per heavy atom. The molecule has 0 atom stereocenters. The first-order chi connectivity index (χ1) is 8.19. The van der Waals surface area contributed by atoms with Gasteiger partial charge in [0.1, 0.15) is 6.61 Å². The lowest BCUT2D eigenvalue weighted by atomic mass is 10.4. The molecule has 1 aromatic rings. The third-order valence-corrected chi connectivity index (χ3v) is 2.02. The maximum atomic E-state index is 10.9. The highest BCUT2D eigenvalue weighted by molar-refractivity contribution is 7.10. The van der Waals surface area contributed by atoms with Crippen molar-refractivity contribution in [2.75, 3.05) is 11.9 Å². The smallest absolute Gasteiger partial charge is 0.362 e. The highest BCUT2D eigenvalue weighted by Gasteiger charge is 2.19. The van der Waals surface area contributed by atoms with Crippen LogP contribution in [0.4, 0.5) is 5.13 Å². The predicted molar refractivity (Wildman–Crippen MR) is 59.9 cm³/mol. The van der Waals surface area contributed by atoms with E-state index in [2.05, 4.69) is 31.2 Å². The Morgan fingerprint density at radius 1 is 1.71 bits per heavy atom. The Labute approximate surface area is 99.8 Å². The van der Waals surface area contributed by atoms with Gasteiger partial charge >= 0.3 is 5.97 Å². The van der Waals surface area contributed by atoms with E-state index in [1.54, 1.807) is 0 Å². The van der Waals surface area contributed by atoms with Gasteiger partial charge in [0.25, 0.3) is 0 Å². The van der Waals surface area contributed by atoms with E-state index < -0.39 is 11.7 Å². The molecule has 1 amide bonds. The lowest BCUT2D eigenvalue weighted by molar-refractivity contribution is -0.129. The van der Waals surface area contributed by atoms with Gasteiger partial charge in [-0.2, -0.15) is 9.36 Å². The molecule has 0 saturated heterocycles. The summed E-state index contributed by atoms with van der Waals surface area (Å²) in [6, 6.07) is 0. The molecule has 0 aliphatic carbocycles. The number of carbonyl (C=O) groups excluding carboxylic acids is 1. The molecule has 0 aliphatic heterocycles. The lowest BCUT2D eigenvalue weighted by Crippen LogP contribution is -2.16. The van der Waals surface area contributed by atoms with E-state index in [1.807, 2.05) is 0 Å². The van der Waals surface area contributed by atoms with E-state index in [-0.39, 0.29) is 17.6 Å². The highest BCUT2D eigenvalue weighted by Crippen LogP contribution is 2.10. The first kappa shape index (κ1) is 12.8. The maximum absolute atomic E-state index is 10.9. The minimum absolute atomic E-state index is 0.0698. The highest BCUT2D eigenvalue weighted by atomic mass is 32.1. The largest absolute Gasteiger partial charge is 0.476 e. The molecule has 0 bridgehead atoms. The van der Waals surface area contributed by atoms with Gasteiger partial charge in [0.2, 0.25) is 23.1 Å². The summed E-state index contributed by atoms with van der Waals surface area (Å²) in [7, 11) is 0. The number of aromatic nitrogens is 2. The second kappa shape index (κ2) is 6.33. The number of anilines is 1. The van der Waals surface area contributed by atoms with E-state index in [1.165, 1.54) is 6.08 Å². The minimum Gasteiger partial charge on any atom is -0.476 e. The monoisotopic (exact) mass is 256 g/mol. The zero-order chi connectivity index (χ0) is 12.7. The second-order valence-electron chi connectivity index (χ2n) is 2.51. The van der Waals surface area contributed by atoms with Gasteiger partial charge < -0.3 is 15.3 Å². The number of carboxylic acids is 1. The molecule has 1 heterocycles. The third-order valence-electron chi connectivity index (χ3n) is 1.37. The molecule has 0 fully saturated rings. The number of hydrogen-bond donors (Lipinski definition) is 2. The van der Waals surface area contributed by atoms with Crippen molar-refractivity contribution in [3.05, 3.63) is 18.5 Å². The van der Waals surface area contributed by atoms with Crippen LogP contribution in [0.25, 0.3) is 0 Å². The van der Waals surface area contributed by atoms with Crippen molar-refractivity contribution in [1.82, 2.24) is 9.36 Å². The van der Waals surface area contributed by atoms with Crippen molar-refractivity contribution in [3.8, 4) is 0 Å². The molecular weight excluding hydrogens is 248 g/mol. The molecule has 0 radical (unpaired) electrons. The number of amides is 1. The van der Waals surface area contributed by atoms with Crippen molar-refractivity contribution in [3.63, 3.8) is 0 Å². The average Bonchev–Trinajstić information content (AvgIpc) is 2.73. The van der Waals surface area contributed by atoms with Gasteiger partial charge in [0.05, 0.1) is 0 Å². The van der Waals surface area contributed by atoms with Crippen LogP contribution in [0.1, 0.15) is 5.82 Å². The molecule has 1 rings (SSSR count). The number of carboxylic acid groups (broad SMARTS) is 1.